The van der Waals surface area contributed by atoms with Crippen LogP contribution in [-0.2, 0) is 5.41 Å². The van der Waals surface area contributed by atoms with Gasteiger partial charge in [0.1, 0.15) is 0 Å². The molecule has 2 aromatic carbocycles. The molecule has 2 rings (SSSR count). The Bertz CT molecular complexity index is 637. The first-order valence-corrected chi connectivity index (χ1v) is 7.98. The molecule has 0 fully saturated rings. The lowest BCUT2D eigenvalue weighted by atomic mass is 9.86. The van der Waals surface area contributed by atoms with Gasteiger partial charge in [0.15, 0.2) is 5.78 Å². The molecule has 0 N–H and O–H groups in total. The van der Waals surface area contributed by atoms with E-state index in [2.05, 4.69) is 52.6 Å². The lowest BCUT2D eigenvalue weighted by molar-refractivity contribution is 0.103. The number of hydrogen-bond donors (Lipinski definition) is 0. The third-order valence-corrected chi connectivity index (χ3v) is 4.34. The van der Waals surface area contributed by atoms with Crippen molar-refractivity contribution >= 4 is 37.6 Å². The summed E-state index contributed by atoms with van der Waals surface area (Å²) in [6.45, 7) is 6.49. The van der Waals surface area contributed by atoms with Gasteiger partial charge in [-0.15, -0.1) is 0 Å². The molecular formula is C17H16Br2O. The molecule has 0 amide bonds. The summed E-state index contributed by atoms with van der Waals surface area (Å²) in [7, 11) is 0. The van der Waals surface area contributed by atoms with Crippen LogP contribution in [0.25, 0.3) is 0 Å². The predicted molar refractivity (Wildman–Crippen MR) is 90.4 cm³/mol. The normalized spacial score (nSPS) is 11.4. The van der Waals surface area contributed by atoms with E-state index in [0.717, 1.165) is 8.95 Å². The molecular weight excluding hydrogens is 380 g/mol. The Kier molecular flexibility index (Phi) is 4.50. The zero-order chi connectivity index (χ0) is 14.9. The van der Waals surface area contributed by atoms with Crippen molar-refractivity contribution in [2.75, 3.05) is 0 Å². The minimum Gasteiger partial charge on any atom is -0.289 e. The second-order valence-electron chi connectivity index (χ2n) is 5.78. The van der Waals surface area contributed by atoms with Crippen LogP contribution in [0.4, 0.5) is 0 Å². The molecule has 104 valence electrons. The number of rotatable bonds is 2. The van der Waals surface area contributed by atoms with Gasteiger partial charge in [-0.3, -0.25) is 4.79 Å². The molecule has 0 unspecified atom stereocenters. The molecule has 20 heavy (non-hydrogen) atoms. The molecule has 0 aliphatic heterocycles. The standard InChI is InChI=1S/C17H16Br2O/c1-17(2,3)12-6-4-11(5-7-12)16(20)14-9-8-13(18)10-15(14)19/h4-10H,1-3H3. The Morgan fingerprint density at radius 2 is 1.55 bits per heavy atom. The maximum atomic E-state index is 12.5. The second-order valence-corrected chi connectivity index (χ2v) is 7.55. The molecule has 2 aromatic rings. The summed E-state index contributed by atoms with van der Waals surface area (Å²) < 4.78 is 1.75. The van der Waals surface area contributed by atoms with Gasteiger partial charge in [-0.1, -0.05) is 61.0 Å². The number of carbonyl (C=O) groups is 1. The molecule has 0 atom stereocenters. The average molecular weight is 396 g/mol. The van der Waals surface area contributed by atoms with E-state index in [-0.39, 0.29) is 11.2 Å². The van der Waals surface area contributed by atoms with Gasteiger partial charge in [-0.25, -0.2) is 0 Å². The number of benzene rings is 2. The number of carbonyl (C=O) groups excluding carboxylic acids is 1. The number of halogens is 2. The smallest absolute Gasteiger partial charge is 0.194 e. The topological polar surface area (TPSA) is 17.1 Å². The zero-order valence-electron chi connectivity index (χ0n) is 11.7. The SMILES string of the molecule is CC(C)(C)c1ccc(C(=O)c2ccc(Br)cc2Br)cc1. The van der Waals surface area contributed by atoms with Gasteiger partial charge in [0.05, 0.1) is 0 Å². The van der Waals surface area contributed by atoms with E-state index >= 15 is 0 Å². The maximum Gasteiger partial charge on any atom is 0.194 e. The first-order chi connectivity index (χ1) is 9.29. The summed E-state index contributed by atoms with van der Waals surface area (Å²) in [5.41, 5.74) is 2.71. The van der Waals surface area contributed by atoms with Crippen LogP contribution in [0.3, 0.4) is 0 Å². The number of hydrogen-bond acceptors (Lipinski definition) is 1. The molecule has 0 aromatic heterocycles. The molecule has 0 saturated carbocycles. The van der Waals surface area contributed by atoms with E-state index in [0.29, 0.717) is 11.1 Å². The van der Waals surface area contributed by atoms with Crippen LogP contribution in [0.15, 0.2) is 51.4 Å². The summed E-state index contributed by atoms with van der Waals surface area (Å²) in [5, 5.41) is 0. The minimum absolute atomic E-state index is 0.0323. The maximum absolute atomic E-state index is 12.5. The van der Waals surface area contributed by atoms with E-state index in [4.69, 9.17) is 0 Å². The van der Waals surface area contributed by atoms with Gasteiger partial charge in [-0.05, 0) is 45.1 Å². The van der Waals surface area contributed by atoms with Gasteiger partial charge >= 0.3 is 0 Å². The van der Waals surface area contributed by atoms with E-state index < -0.39 is 0 Å². The molecule has 0 saturated heterocycles. The molecule has 3 heteroatoms. The van der Waals surface area contributed by atoms with Crippen molar-refractivity contribution in [3.8, 4) is 0 Å². The molecule has 1 nitrogen and oxygen atoms in total. The molecule has 0 aliphatic carbocycles. The highest BCUT2D eigenvalue weighted by atomic mass is 79.9. The fraction of sp³-hybridized carbons (Fsp3) is 0.235. The average Bonchev–Trinajstić information content (AvgIpc) is 2.37. The lowest BCUT2D eigenvalue weighted by Crippen LogP contribution is -2.11. The van der Waals surface area contributed by atoms with Gasteiger partial charge in [0, 0.05) is 20.1 Å². The largest absolute Gasteiger partial charge is 0.289 e. The van der Waals surface area contributed by atoms with E-state index in [1.165, 1.54) is 5.56 Å². The Labute approximate surface area is 136 Å². The van der Waals surface area contributed by atoms with E-state index in [1.54, 1.807) is 0 Å². The van der Waals surface area contributed by atoms with Crippen molar-refractivity contribution in [1.29, 1.82) is 0 Å². The second kappa shape index (κ2) is 5.82. The van der Waals surface area contributed by atoms with Crippen molar-refractivity contribution in [2.24, 2.45) is 0 Å². The summed E-state index contributed by atoms with van der Waals surface area (Å²) in [4.78, 5) is 12.5. The quantitative estimate of drug-likeness (QED) is 0.592. The van der Waals surface area contributed by atoms with Crippen LogP contribution in [0.2, 0.25) is 0 Å². The van der Waals surface area contributed by atoms with Crippen LogP contribution in [-0.4, -0.2) is 5.78 Å². The highest BCUT2D eigenvalue weighted by molar-refractivity contribution is 9.11. The fourth-order valence-electron chi connectivity index (χ4n) is 1.95. The van der Waals surface area contributed by atoms with Crippen molar-refractivity contribution in [1.82, 2.24) is 0 Å². The van der Waals surface area contributed by atoms with Crippen molar-refractivity contribution in [3.05, 3.63) is 68.1 Å². The van der Waals surface area contributed by atoms with Gasteiger partial charge in [0.2, 0.25) is 0 Å². The van der Waals surface area contributed by atoms with Gasteiger partial charge in [-0.2, -0.15) is 0 Å². The summed E-state index contributed by atoms with van der Waals surface area (Å²) >= 11 is 6.83. The van der Waals surface area contributed by atoms with Crippen molar-refractivity contribution in [3.63, 3.8) is 0 Å². The molecule has 0 spiro atoms. The first-order valence-electron chi connectivity index (χ1n) is 6.39. The third-order valence-electron chi connectivity index (χ3n) is 3.19. The van der Waals surface area contributed by atoms with Crippen LogP contribution in [0.5, 0.6) is 0 Å². The van der Waals surface area contributed by atoms with E-state index in [9.17, 15) is 4.79 Å². The van der Waals surface area contributed by atoms with Crippen molar-refractivity contribution < 1.29 is 4.79 Å². The van der Waals surface area contributed by atoms with Crippen LogP contribution < -0.4 is 0 Å². The summed E-state index contributed by atoms with van der Waals surface area (Å²) in [6, 6.07) is 13.4. The Balaban J connectivity index is 2.34. The molecule has 0 radical (unpaired) electrons. The monoisotopic (exact) mass is 394 g/mol. The van der Waals surface area contributed by atoms with Gasteiger partial charge in [0.25, 0.3) is 0 Å². The minimum atomic E-state index is 0.0323. The Morgan fingerprint density at radius 3 is 2.05 bits per heavy atom. The highest BCUT2D eigenvalue weighted by Gasteiger charge is 2.16. The molecule has 0 heterocycles. The first kappa shape index (κ1) is 15.5. The Morgan fingerprint density at radius 1 is 0.950 bits per heavy atom. The zero-order valence-corrected chi connectivity index (χ0v) is 14.9. The summed E-state index contributed by atoms with van der Waals surface area (Å²) in [5.74, 6) is 0.0323. The van der Waals surface area contributed by atoms with Crippen molar-refractivity contribution in [2.45, 2.75) is 26.2 Å². The fourth-order valence-corrected chi connectivity index (χ4v) is 3.18. The van der Waals surface area contributed by atoms with Crippen LogP contribution >= 0.6 is 31.9 Å². The molecule has 0 aliphatic rings. The predicted octanol–water partition coefficient (Wildman–Crippen LogP) is 5.74. The van der Waals surface area contributed by atoms with Gasteiger partial charge < -0.3 is 0 Å². The highest BCUT2D eigenvalue weighted by Crippen LogP contribution is 2.26. The lowest BCUT2D eigenvalue weighted by Gasteiger charge is -2.19. The van der Waals surface area contributed by atoms with Crippen LogP contribution in [0.1, 0.15) is 42.3 Å². The Hall–Kier alpha value is -0.930. The number of ketones is 1. The van der Waals surface area contributed by atoms with E-state index in [1.807, 2.05) is 42.5 Å². The van der Waals surface area contributed by atoms with Crippen LogP contribution in [0, 0.1) is 0 Å². The third kappa shape index (κ3) is 3.39. The molecule has 0 bridgehead atoms. The summed E-state index contributed by atoms with van der Waals surface area (Å²) in [6.07, 6.45) is 0.